The summed E-state index contributed by atoms with van der Waals surface area (Å²) in [5, 5.41) is 16.8. The standard InChI is InChI=1S/C7H13N3OS/c1-6(4-11)12-5-7-3-10(2)9-8-7/h3,6,11H,4-5H2,1-2H3. The summed E-state index contributed by atoms with van der Waals surface area (Å²) < 4.78 is 1.68. The fourth-order valence-electron chi connectivity index (χ4n) is 0.742. The second-order valence-electron chi connectivity index (χ2n) is 2.69. The Balaban J connectivity index is 2.33. The number of aryl methyl sites for hydroxylation is 1. The number of hydrogen-bond donors (Lipinski definition) is 1. The average Bonchev–Trinajstić information content (AvgIpc) is 2.47. The van der Waals surface area contributed by atoms with Gasteiger partial charge in [-0.15, -0.1) is 16.9 Å². The molecule has 0 saturated heterocycles. The number of rotatable bonds is 4. The highest BCUT2D eigenvalue weighted by molar-refractivity contribution is 7.99. The number of aliphatic hydroxyl groups excluding tert-OH is 1. The van der Waals surface area contributed by atoms with Crippen molar-refractivity contribution in [3.05, 3.63) is 11.9 Å². The normalized spacial score (nSPS) is 13.2. The van der Waals surface area contributed by atoms with Gasteiger partial charge in [0.25, 0.3) is 0 Å². The van der Waals surface area contributed by atoms with E-state index >= 15 is 0 Å². The largest absolute Gasteiger partial charge is 0.395 e. The summed E-state index contributed by atoms with van der Waals surface area (Å²) in [6, 6.07) is 0. The minimum Gasteiger partial charge on any atom is -0.395 e. The molecule has 1 N–H and O–H groups in total. The Kier molecular flexibility index (Phi) is 3.55. The van der Waals surface area contributed by atoms with E-state index in [1.54, 1.807) is 16.4 Å². The lowest BCUT2D eigenvalue weighted by atomic mass is 10.5. The first-order valence-corrected chi connectivity index (χ1v) is 4.85. The van der Waals surface area contributed by atoms with Crippen LogP contribution in [-0.2, 0) is 12.8 Å². The van der Waals surface area contributed by atoms with Crippen LogP contribution in [0.1, 0.15) is 12.6 Å². The van der Waals surface area contributed by atoms with Gasteiger partial charge in [0.15, 0.2) is 0 Å². The zero-order valence-electron chi connectivity index (χ0n) is 7.27. The zero-order chi connectivity index (χ0) is 8.97. The number of aromatic nitrogens is 3. The minimum absolute atomic E-state index is 0.213. The topological polar surface area (TPSA) is 50.9 Å². The second kappa shape index (κ2) is 4.47. The van der Waals surface area contributed by atoms with Gasteiger partial charge in [-0.2, -0.15) is 0 Å². The molecule has 1 aromatic rings. The number of aliphatic hydroxyl groups is 1. The molecule has 0 aromatic carbocycles. The third-order valence-electron chi connectivity index (χ3n) is 1.42. The van der Waals surface area contributed by atoms with Crippen LogP contribution in [0.5, 0.6) is 0 Å². The maximum absolute atomic E-state index is 8.76. The van der Waals surface area contributed by atoms with E-state index in [1.165, 1.54) is 0 Å². The molecule has 0 aliphatic carbocycles. The van der Waals surface area contributed by atoms with Crippen LogP contribution in [0, 0.1) is 0 Å². The van der Waals surface area contributed by atoms with E-state index in [4.69, 9.17) is 5.11 Å². The van der Waals surface area contributed by atoms with Crippen LogP contribution in [0.25, 0.3) is 0 Å². The monoisotopic (exact) mass is 187 g/mol. The summed E-state index contributed by atoms with van der Waals surface area (Å²) in [5.41, 5.74) is 0.961. The van der Waals surface area contributed by atoms with E-state index in [0.717, 1.165) is 11.4 Å². The van der Waals surface area contributed by atoms with E-state index in [2.05, 4.69) is 10.3 Å². The summed E-state index contributed by atoms with van der Waals surface area (Å²) in [4.78, 5) is 0. The molecule has 1 heterocycles. The average molecular weight is 187 g/mol. The molecule has 1 rings (SSSR count). The maximum Gasteiger partial charge on any atom is 0.0925 e. The Morgan fingerprint density at radius 2 is 2.50 bits per heavy atom. The van der Waals surface area contributed by atoms with Gasteiger partial charge >= 0.3 is 0 Å². The Bertz CT molecular complexity index is 238. The van der Waals surface area contributed by atoms with Gasteiger partial charge in [0.2, 0.25) is 0 Å². The lowest BCUT2D eigenvalue weighted by Crippen LogP contribution is -2.02. The van der Waals surface area contributed by atoms with Gasteiger partial charge in [0.05, 0.1) is 12.3 Å². The van der Waals surface area contributed by atoms with Crippen molar-refractivity contribution in [1.29, 1.82) is 0 Å². The number of hydrogen-bond acceptors (Lipinski definition) is 4. The molecular weight excluding hydrogens is 174 g/mol. The van der Waals surface area contributed by atoms with E-state index in [1.807, 2.05) is 20.2 Å². The summed E-state index contributed by atoms with van der Waals surface area (Å²) >= 11 is 1.68. The van der Waals surface area contributed by atoms with Crippen molar-refractivity contribution < 1.29 is 5.11 Å². The van der Waals surface area contributed by atoms with E-state index in [9.17, 15) is 0 Å². The fourth-order valence-corrected chi connectivity index (χ4v) is 1.43. The van der Waals surface area contributed by atoms with Crippen LogP contribution in [-0.4, -0.2) is 32.0 Å². The van der Waals surface area contributed by atoms with E-state index < -0.39 is 0 Å². The Labute approximate surface area is 76.0 Å². The van der Waals surface area contributed by atoms with Crippen LogP contribution in [0.15, 0.2) is 6.20 Å². The van der Waals surface area contributed by atoms with Crippen LogP contribution >= 0.6 is 11.8 Å². The third-order valence-corrected chi connectivity index (χ3v) is 2.60. The van der Waals surface area contributed by atoms with Gasteiger partial charge in [-0.25, -0.2) is 0 Å². The molecule has 0 aliphatic rings. The van der Waals surface area contributed by atoms with Crippen molar-refractivity contribution in [3.8, 4) is 0 Å². The van der Waals surface area contributed by atoms with Crippen LogP contribution < -0.4 is 0 Å². The molecule has 0 fully saturated rings. The second-order valence-corrected chi connectivity index (χ2v) is 4.11. The number of nitrogens with zero attached hydrogens (tertiary/aromatic N) is 3. The van der Waals surface area contributed by atoms with Gasteiger partial charge in [-0.3, -0.25) is 4.68 Å². The molecule has 1 atom stereocenters. The highest BCUT2D eigenvalue weighted by atomic mass is 32.2. The van der Waals surface area contributed by atoms with Crippen LogP contribution in [0.3, 0.4) is 0 Å². The molecule has 0 spiro atoms. The fraction of sp³-hybridized carbons (Fsp3) is 0.714. The first-order valence-electron chi connectivity index (χ1n) is 3.80. The molecule has 4 nitrogen and oxygen atoms in total. The summed E-state index contributed by atoms with van der Waals surface area (Å²) in [7, 11) is 1.84. The van der Waals surface area contributed by atoms with Crippen molar-refractivity contribution in [2.75, 3.05) is 6.61 Å². The van der Waals surface area contributed by atoms with Crippen LogP contribution in [0.2, 0.25) is 0 Å². The smallest absolute Gasteiger partial charge is 0.0925 e. The van der Waals surface area contributed by atoms with Gasteiger partial charge in [0, 0.05) is 24.2 Å². The first kappa shape index (κ1) is 9.54. The quantitative estimate of drug-likeness (QED) is 0.742. The van der Waals surface area contributed by atoms with Crippen LogP contribution in [0.4, 0.5) is 0 Å². The van der Waals surface area contributed by atoms with Gasteiger partial charge < -0.3 is 5.11 Å². The van der Waals surface area contributed by atoms with E-state index in [-0.39, 0.29) is 11.9 Å². The van der Waals surface area contributed by atoms with Crippen molar-refractivity contribution >= 4 is 11.8 Å². The van der Waals surface area contributed by atoms with Gasteiger partial charge in [-0.1, -0.05) is 12.1 Å². The Hall–Kier alpha value is -0.550. The highest BCUT2D eigenvalue weighted by Gasteiger charge is 2.03. The van der Waals surface area contributed by atoms with Crippen molar-refractivity contribution in [3.63, 3.8) is 0 Å². The Morgan fingerprint density at radius 1 is 1.75 bits per heavy atom. The summed E-state index contributed by atoms with van der Waals surface area (Å²) in [5.74, 6) is 0.815. The molecule has 1 aromatic heterocycles. The van der Waals surface area contributed by atoms with Gasteiger partial charge in [0.1, 0.15) is 0 Å². The highest BCUT2D eigenvalue weighted by Crippen LogP contribution is 2.14. The summed E-state index contributed by atoms with van der Waals surface area (Å²) in [6.45, 7) is 2.20. The number of thioether (sulfide) groups is 1. The molecule has 0 bridgehead atoms. The molecule has 68 valence electrons. The van der Waals surface area contributed by atoms with Gasteiger partial charge in [-0.05, 0) is 0 Å². The molecule has 1 unspecified atom stereocenters. The first-order chi connectivity index (χ1) is 5.72. The molecule has 5 heteroatoms. The SMILES string of the molecule is CC(CO)SCc1cn(C)nn1. The molecule has 0 saturated carbocycles. The zero-order valence-corrected chi connectivity index (χ0v) is 8.08. The van der Waals surface area contributed by atoms with Crippen molar-refractivity contribution in [1.82, 2.24) is 15.0 Å². The maximum atomic E-state index is 8.76. The molecule has 0 amide bonds. The molecule has 0 aliphatic heterocycles. The Morgan fingerprint density at radius 3 is 3.00 bits per heavy atom. The van der Waals surface area contributed by atoms with Crippen molar-refractivity contribution in [2.24, 2.45) is 7.05 Å². The predicted octanol–water partition coefficient (Wildman–Crippen LogP) is 0.429. The molecule has 12 heavy (non-hydrogen) atoms. The lowest BCUT2D eigenvalue weighted by Gasteiger charge is -2.03. The molecule has 0 radical (unpaired) electrons. The summed E-state index contributed by atoms with van der Waals surface area (Å²) in [6.07, 6.45) is 1.89. The molecular formula is C7H13N3OS. The van der Waals surface area contributed by atoms with Crippen molar-refractivity contribution in [2.45, 2.75) is 17.9 Å². The lowest BCUT2D eigenvalue weighted by molar-refractivity contribution is 0.300. The predicted molar refractivity (Wildman–Crippen MR) is 48.8 cm³/mol. The third kappa shape index (κ3) is 2.83. The minimum atomic E-state index is 0.213. The van der Waals surface area contributed by atoms with E-state index in [0.29, 0.717) is 0 Å².